The molecule has 4 aliphatic rings. The predicted molar refractivity (Wildman–Crippen MR) is 185 cm³/mol. The van der Waals surface area contributed by atoms with Crippen molar-refractivity contribution in [2.45, 2.75) is 76.8 Å². The summed E-state index contributed by atoms with van der Waals surface area (Å²) in [6.45, 7) is -0.749. The number of fused-ring (bicyclic) bond motifs is 3. The van der Waals surface area contributed by atoms with Crippen molar-refractivity contribution >= 4 is 68.7 Å². The van der Waals surface area contributed by atoms with E-state index in [-0.39, 0.29) is 28.7 Å². The quantitative estimate of drug-likeness (QED) is 0.0838. The zero-order valence-corrected chi connectivity index (χ0v) is 31.7. The summed E-state index contributed by atoms with van der Waals surface area (Å²) in [4.78, 5) is 21.3. The molecule has 1 N–H and O–H groups in total. The van der Waals surface area contributed by atoms with Gasteiger partial charge in [-0.15, -0.1) is 0 Å². The minimum atomic E-state index is -6.13. The van der Waals surface area contributed by atoms with Gasteiger partial charge in [0.15, 0.2) is 16.3 Å². The van der Waals surface area contributed by atoms with Crippen molar-refractivity contribution in [3.8, 4) is 4.90 Å². The van der Waals surface area contributed by atoms with Crippen LogP contribution < -0.4 is 3.58 Å². The van der Waals surface area contributed by atoms with E-state index in [2.05, 4.69) is 87.6 Å². The predicted octanol–water partition coefficient (Wildman–Crippen LogP) is 8.00. The summed E-state index contributed by atoms with van der Waals surface area (Å²) in [7, 11) is -6.08. The number of benzene rings is 3. The molecular formula is C36H41F3O6S2Sn. The van der Waals surface area contributed by atoms with E-state index in [9.17, 15) is 36.0 Å². The van der Waals surface area contributed by atoms with Gasteiger partial charge in [0, 0.05) is 6.42 Å². The molecule has 4 aliphatic carbocycles. The van der Waals surface area contributed by atoms with Gasteiger partial charge >= 0.3 is 156 Å². The first kappa shape index (κ1) is 35.6. The number of hydrogen-bond acceptors (Lipinski definition) is 6. The number of halogens is 3. The Labute approximate surface area is 286 Å². The zero-order valence-electron chi connectivity index (χ0n) is 27.3. The number of ether oxygens (including phenoxy) is 1. The van der Waals surface area contributed by atoms with Gasteiger partial charge in [-0.05, 0) is 50.4 Å². The molecule has 4 saturated carbocycles. The monoisotopic (exact) mass is 810 g/mol. The number of rotatable bonds is 8. The molecule has 4 bridgehead atoms. The molecule has 3 aromatic carbocycles. The van der Waals surface area contributed by atoms with Crippen LogP contribution in [0.1, 0.15) is 44.9 Å². The van der Waals surface area contributed by atoms with Gasteiger partial charge in [-0.25, -0.2) is 12.8 Å². The first-order valence-electron chi connectivity index (χ1n) is 16.3. The van der Waals surface area contributed by atoms with E-state index < -0.39 is 69.9 Å². The van der Waals surface area contributed by atoms with Crippen LogP contribution in [0.25, 0.3) is 25.1 Å². The molecule has 0 spiro atoms. The first-order chi connectivity index (χ1) is 22.4. The fourth-order valence-electron chi connectivity index (χ4n) is 8.37. The minimum absolute atomic E-state index is 0.0477. The van der Waals surface area contributed by atoms with E-state index in [4.69, 9.17) is 4.74 Å². The molecule has 4 fully saturated rings. The Morgan fingerprint density at radius 2 is 1.58 bits per heavy atom. The Kier molecular flexibility index (Phi) is 9.54. The van der Waals surface area contributed by atoms with Gasteiger partial charge < -0.3 is 14.4 Å². The van der Waals surface area contributed by atoms with Crippen molar-refractivity contribution in [1.82, 2.24) is 0 Å². The Bertz CT molecular complexity index is 1930. The molecule has 0 radical (unpaired) electrons. The Morgan fingerprint density at radius 1 is 0.979 bits per heavy atom. The fraction of sp³-hybridized carbons (Fsp3) is 0.472. The van der Waals surface area contributed by atoms with Crippen molar-refractivity contribution in [2.75, 3.05) is 6.61 Å². The van der Waals surface area contributed by atoms with Gasteiger partial charge in [-0.3, -0.25) is 4.79 Å². The van der Waals surface area contributed by atoms with Crippen molar-refractivity contribution in [3.63, 3.8) is 0 Å². The normalized spacial score (nSPS) is 26.3. The van der Waals surface area contributed by atoms with Gasteiger partial charge in [0.25, 0.3) is 0 Å². The van der Waals surface area contributed by atoms with Crippen molar-refractivity contribution in [2.24, 2.45) is 17.3 Å². The molecule has 1 heterocycles. The van der Waals surface area contributed by atoms with Crippen LogP contribution in [0.2, 0.25) is 14.8 Å². The van der Waals surface area contributed by atoms with Crippen LogP contribution in [0.15, 0.2) is 72.8 Å². The van der Waals surface area contributed by atoms with Gasteiger partial charge in [-0.1, -0.05) is 0 Å². The van der Waals surface area contributed by atoms with E-state index in [1.54, 1.807) is 3.58 Å². The second-order valence-corrected chi connectivity index (χ2v) is 32.9. The molecule has 4 unspecified atom stereocenters. The number of carbonyl (C=O) groups is 1. The van der Waals surface area contributed by atoms with Crippen molar-refractivity contribution in [3.05, 3.63) is 72.8 Å². The molecule has 12 heteroatoms. The second-order valence-electron chi connectivity index (χ2n) is 15.0. The number of esters is 1. The molecule has 8 rings (SSSR count). The molecule has 258 valence electrons. The molecule has 4 atom stereocenters. The Hall–Kier alpha value is -2.19. The summed E-state index contributed by atoms with van der Waals surface area (Å²) in [6, 6.07) is 27.2. The maximum atomic E-state index is 13.4. The van der Waals surface area contributed by atoms with E-state index in [0.717, 1.165) is 6.42 Å². The average Bonchev–Trinajstić information content (AvgIpc) is 3.33. The molecule has 0 saturated heterocycles. The summed E-state index contributed by atoms with van der Waals surface area (Å²) in [5.74, 6) is -0.245. The zero-order chi connectivity index (χ0) is 34.7. The Balaban J connectivity index is 0.000000168. The van der Waals surface area contributed by atoms with Crippen LogP contribution >= 0.6 is 10.5 Å². The van der Waals surface area contributed by atoms with Crippen LogP contribution in [0, 0.1) is 17.3 Å². The van der Waals surface area contributed by atoms with Crippen LogP contribution in [-0.4, -0.2) is 66.1 Å². The van der Waals surface area contributed by atoms with Gasteiger partial charge in [0.2, 0.25) is 0 Å². The van der Waals surface area contributed by atoms with Crippen LogP contribution in [0.3, 0.4) is 0 Å². The average molecular weight is 810 g/mol. The number of carbonyl (C=O) groups excluding carboxylic acids is 1. The van der Waals surface area contributed by atoms with E-state index >= 15 is 0 Å². The third-order valence-corrected chi connectivity index (χ3v) is 19.3. The van der Waals surface area contributed by atoms with Gasteiger partial charge in [0.1, 0.15) is 0 Å². The molecular weight excluding hydrogens is 768 g/mol. The van der Waals surface area contributed by atoms with Crippen LogP contribution in [0.5, 0.6) is 0 Å². The molecule has 0 amide bonds. The summed E-state index contributed by atoms with van der Waals surface area (Å²) in [6.07, 6.45) is -0.773. The molecule has 0 aliphatic heterocycles. The van der Waals surface area contributed by atoms with Crippen LogP contribution in [0.4, 0.5) is 13.2 Å². The number of hydrogen-bond donors (Lipinski definition) is 1. The second kappa shape index (κ2) is 12.8. The number of alkyl halides is 3. The number of thiophene rings is 1. The third-order valence-electron chi connectivity index (χ3n) is 10.2. The number of aliphatic hydroxyl groups is 1. The maximum absolute atomic E-state index is 13.4. The standard InChI is InChI=1S/C18H12S.C15H21F3O6S.3CH3.Sn/c1-2-8-14(9-3-1)19-17-12-6-4-10-15(17)16-11-5-7-13-18(16)19;16-11(15(17,18)25(21,22)23)1-2-24-12(19)13-4-9-3-10(5-13)7-14(20,6-9)8-13;;;;/h1-4,6-13H;9-11,20H,1-8H2,(H,21,22,23);3*1H3;/q+1;;;;;/p-1. The fourth-order valence-corrected chi connectivity index (χ4v) is 14.5. The summed E-state index contributed by atoms with van der Waals surface area (Å²) in [5, 5.41) is 8.40. The van der Waals surface area contributed by atoms with Gasteiger partial charge in [0.05, 0.1) is 17.6 Å². The molecule has 6 nitrogen and oxygen atoms in total. The first-order valence-corrected chi connectivity index (χ1v) is 28.9. The van der Waals surface area contributed by atoms with Crippen LogP contribution in [-0.2, 0) is 19.6 Å². The van der Waals surface area contributed by atoms with E-state index in [1.807, 2.05) is 0 Å². The molecule has 4 aromatic rings. The SMILES string of the molecule is O=C(OCCC(F)C(F)(F)S(=O)(=O)[O-])C12CC3CC(CC(O)(C3)C1)C2.[CH3][Sn]([CH3])([CH3])[c]1ccc2c(c1)c1ccccc1[s+]2-c1ccccc1. The van der Waals surface area contributed by atoms with E-state index in [0.29, 0.717) is 25.7 Å². The third kappa shape index (κ3) is 6.78. The summed E-state index contributed by atoms with van der Waals surface area (Å²) < 4.78 is 80.2. The topological polar surface area (TPSA) is 104 Å². The van der Waals surface area contributed by atoms with Crippen molar-refractivity contribution < 1.29 is 40.8 Å². The van der Waals surface area contributed by atoms with Crippen molar-refractivity contribution in [1.29, 1.82) is 0 Å². The summed E-state index contributed by atoms with van der Waals surface area (Å²) >= 11 is -2.05. The summed E-state index contributed by atoms with van der Waals surface area (Å²) in [5.41, 5.74) is -1.78. The van der Waals surface area contributed by atoms with E-state index in [1.165, 1.54) is 25.1 Å². The van der Waals surface area contributed by atoms with Gasteiger partial charge in [-0.2, -0.15) is 8.78 Å². The molecule has 48 heavy (non-hydrogen) atoms. The Morgan fingerprint density at radius 3 is 2.19 bits per heavy atom. The molecule has 1 aromatic heterocycles.